The molecule has 1 aliphatic rings. The number of rotatable bonds is 4. The van der Waals surface area contributed by atoms with E-state index < -0.39 is 10.2 Å². The Balaban J connectivity index is 2.47. The molecule has 0 aromatic carbocycles. The Labute approximate surface area is 78.4 Å². The predicted molar refractivity (Wildman–Crippen MR) is 48.1 cm³/mol. The molecule has 2 N–H and O–H groups in total. The summed E-state index contributed by atoms with van der Waals surface area (Å²) in [6, 6.07) is 0. The summed E-state index contributed by atoms with van der Waals surface area (Å²) >= 11 is 0. The molecular weight excluding hydrogens is 194 g/mol. The molecule has 1 rings (SSSR count). The lowest BCUT2D eigenvalue weighted by atomic mass is 10.4. The minimum absolute atomic E-state index is 0.325. The molecule has 0 aromatic rings. The van der Waals surface area contributed by atoms with E-state index in [4.69, 9.17) is 0 Å². The molecule has 7 heteroatoms. The van der Waals surface area contributed by atoms with Crippen molar-refractivity contribution in [2.45, 2.75) is 6.92 Å². The van der Waals surface area contributed by atoms with E-state index in [-0.39, 0.29) is 0 Å². The van der Waals surface area contributed by atoms with Crippen molar-refractivity contribution in [1.29, 1.82) is 0 Å². The Morgan fingerprint density at radius 2 is 2.08 bits per heavy atom. The minimum atomic E-state index is -3.42. The Kier molecular flexibility index (Phi) is 4.07. The van der Waals surface area contributed by atoms with Crippen LogP contribution in [0.3, 0.4) is 0 Å². The second-order valence-electron chi connectivity index (χ2n) is 2.67. The van der Waals surface area contributed by atoms with Gasteiger partial charge in [-0.3, -0.25) is 4.84 Å². The SMILES string of the molecule is CCONS(=O)(=O)N1CCNCC1. The molecule has 0 unspecified atom stereocenters. The van der Waals surface area contributed by atoms with Crippen LogP contribution in [0.2, 0.25) is 0 Å². The molecule has 0 aromatic heterocycles. The Morgan fingerprint density at radius 1 is 1.46 bits per heavy atom. The summed E-state index contributed by atoms with van der Waals surface area (Å²) in [6.45, 7) is 4.40. The van der Waals surface area contributed by atoms with Crippen molar-refractivity contribution in [1.82, 2.24) is 14.5 Å². The fraction of sp³-hybridized carbons (Fsp3) is 1.00. The van der Waals surface area contributed by atoms with Crippen LogP contribution in [0.15, 0.2) is 0 Å². The number of nitrogens with one attached hydrogen (secondary N) is 2. The second kappa shape index (κ2) is 4.87. The first kappa shape index (κ1) is 10.9. The van der Waals surface area contributed by atoms with Crippen molar-refractivity contribution < 1.29 is 13.3 Å². The summed E-state index contributed by atoms with van der Waals surface area (Å²) < 4.78 is 24.2. The Bertz CT molecular complexity index is 236. The van der Waals surface area contributed by atoms with Crippen molar-refractivity contribution in [3.63, 3.8) is 0 Å². The van der Waals surface area contributed by atoms with Crippen LogP contribution >= 0.6 is 0 Å². The van der Waals surface area contributed by atoms with Gasteiger partial charge in [0.25, 0.3) is 0 Å². The van der Waals surface area contributed by atoms with E-state index in [0.717, 1.165) is 0 Å². The topological polar surface area (TPSA) is 70.7 Å². The smallest absolute Gasteiger partial charge is 0.301 e. The molecule has 6 nitrogen and oxygen atoms in total. The molecule has 78 valence electrons. The maximum absolute atomic E-state index is 11.4. The highest BCUT2D eigenvalue weighted by molar-refractivity contribution is 7.87. The largest absolute Gasteiger partial charge is 0.314 e. The fourth-order valence-corrected chi connectivity index (χ4v) is 2.11. The molecule has 1 aliphatic heterocycles. The normalized spacial score (nSPS) is 20.4. The standard InChI is InChI=1S/C6H15N3O3S/c1-2-12-8-13(10,11)9-5-3-7-4-6-9/h7-8H,2-6H2,1H3. The van der Waals surface area contributed by atoms with Gasteiger partial charge >= 0.3 is 10.2 Å². The molecule has 0 aliphatic carbocycles. The molecule has 1 heterocycles. The zero-order valence-corrected chi connectivity index (χ0v) is 8.43. The van der Waals surface area contributed by atoms with Crippen molar-refractivity contribution in [3.8, 4) is 0 Å². The van der Waals surface area contributed by atoms with Gasteiger partial charge in [0.05, 0.1) is 6.61 Å². The van der Waals surface area contributed by atoms with Crippen LogP contribution in [0, 0.1) is 0 Å². The highest BCUT2D eigenvalue weighted by Gasteiger charge is 2.23. The van der Waals surface area contributed by atoms with Crippen molar-refractivity contribution in [2.75, 3.05) is 32.8 Å². The Morgan fingerprint density at radius 3 is 2.62 bits per heavy atom. The van der Waals surface area contributed by atoms with E-state index in [1.807, 2.05) is 4.89 Å². The lowest BCUT2D eigenvalue weighted by molar-refractivity contribution is 0.0989. The van der Waals surface area contributed by atoms with Gasteiger partial charge in [0.1, 0.15) is 0 Å². The summed E-state index contributed by atoms with van der Waals surface area (Å²) in [5.74, 6) is 0. The lowest BCUT2D eigenvalue weighted by Gasteiger charge is -2.26. The minimum Gasteiger partial charge on any atom is -0.314 e. The summed E-state index contributed by atoms with van der Waals surface area (Å²) in [4.78, 5) is 6.70. The number of hydrogen-bond acceptors (Lipinski definition) is 4. The summed E-state index contributed by atoms with van der Waals surface area (Å²) in [5.41, 5.74) is 0. The van der Waals surface area contributed by atoms with Gasteiger partial charge in [0.2, 0.25) is 0 Å². The molecule has 1 saturated heterocycles. The molecule has 0 saturated carbocycles. The summed E-state index contributed by atoms with van der Waals surface area (Å²) in [6.07, 6.45) is 0. The van der Waals surface area contributed by atoms with Gasteiger partial charge in [-0.05, 0) is 6.92 Å². The van der Waals surface area contributed by atoms with E-state index >= 15 is 0 Å². The van der Waals surface area contributed by atoms with Crippen LogP contribution in [-0.2, 0) is 15.0 Å². The molecular formula is C6H15N3O3S. The monoisotopic (exact) mass is 209 g/mol. The van der Waals surface area contributed by atoms with Crippen LogP contribution in [0.25, 0.3) is 0 Å². The number of nitrogens with zero attached hydrogens (tertiary/aromatic N) is 1. The van der Waals surface area contributed by atoms with Crippen LogP contribution in [0.4, 0.5) is 0 Å². The second-order valence-corrected chi connectivity index (χ2v) is 4.30. The van der Waals surface area contributed by atoms with Gasteiger partial charge in [0, 0.05) is 26.2 Å². The van der Waals surface area contributed by atoms with Crippen molar-refractivity contribution in [2.24, 2.45) is 0 Å². The third kappa shape index (κ3) is 3.20. The van der Waals surface area contributed by atoms with E-state index in [1.54, 1.807) is 6.92 Å². The van der Waals surface area contributed by atoms with Crippen molar-refractivity contribution in [3.05, 3.63) is 0 Å². The molecule has 0 spiro atoms. The van der Waals surface area contributed by atoms with E-state index in [1.165, 1.54) is 4.31 Å². The first-order valence-corrected chi connectivity index (χ1v) is 5.70. The fourth-order valence-electron chi connectivity index (χ4n) is 1.07. The average Bonchev–Trinajstić information content (AvgIpc) is 2.16. The third-order valence-corrected chi connectivity index (χ3v) is 3.10. The third-order valence-electron chi connectivity index (χ3n) is 1.72. The van der Waals surface area contributed by atoms with Gasteiger partial charge in [-0.15, -0.1) is 0 Å². The highest BCUT2D eigenvalue weighted by Crippen LogP contribution is 1.99. The van der Waals surface area contributed by atoms with E-state index in [2.05, 4.69) is 10.2 Å². The van der Waals surface area contributed by atoms with Gasteiger partial charge in [-0.2, -0.15) is 12.7 Å². The van der Waals surface area contributed by atoms with Gasteiger partial charge in [0.15, 0.2) is 0 Å². The quantitative estimate of drug-likeness (QED) is 0.563. The van der Waals surface area contributed by atoms with E-state index in [0.29, 0.717) is 32.8 Å². The predicted octanol–water partition coefficient (Wildman–Crippen LogP) is -1.32. The van der Waals surface area contributed by atoms with Crippen LogP contribution in [0.1, 0.15) is 6.92 Å². The zero-order chi connectivity index (χ0) is 9.73. The van der Waals surface area contributed by atoms with Crippen LogP contribution < -0.4 is 10.2 Å². The maximum atomic E-state index is 11.4. The van der Waals surface area contributed by atoms with Crippen LogP contribution in [0.5, 0.6) is 0 Å². The lowest BCUT2D eigenvalue weighted by Crippen LogP contribution is -2.50. The molecule has 13 heavy (non-hydrogen) atoms. The first-order chi connectivity index (χ1) is 6.17. The van der Waals surface area contributed by atoms with Gasteiger partial charge in [-0.25, -0.2) is 0 Å². The van der Waals surface area contributed by atoms with Crippen LogP contribution in [-0.4, -0.2) is 45.5 Å². The van der Waals surface area contributed by atoms with E-state index in [9.17, 15) is 8.42 Å². The summed E-state index contributed by atoms with van der Waals surface area (Å²) in [5, 5.41) is 3.07. The maximum Gasteiger partial charge on any atom is 0.301 e. The highest BCUT2D eigenvalue weighted by atomic mass is 32.2. The Hall–Kier alpha value is -0.210. The van der Waals surface area contributed by atoms with Gasteiger partial charge in [-0.1, -0.05) is 4.89 Å². The van der Waals surface area contributed by atoms with Crippen molar-refractivity contribution >= 4 is 10.2 Å². The number of piperazine rings is 1. The molecule has 0 amide bonds. The molecule has 0 radical (unpaired) electrons. The molecule has 0 bridgehead atoms. The molecule has 1 fully saturated rings. The van der Waals surface area contributed by atoms with Gasteiger partial charge < -0.3 is 5.32 Å². The molecule has 0 atom stereocenters. The summed E-state index contributed by atoms with van der Waals surface area (Å²) in [7, 11) is -3.42. The zero-order valence-electron chi connectivity index (χ0n) is 7.62. The average molecular weight is 209 g/mol. The number of hydrogen-bond donors (Lipinski definition) is 2. The first-order valence-electron chi connectivity index (χ1n) is 4.26.